The van der Waals surface area contributed by atoms with Gasteiger partial charge in [-0.25, -0.2) is 0 Å². The number of nitrogens with two attached hydrogens (primary N) is 1. The monoisotopic (exact) mass is 327 g/mol. The van der Waals surface area contributed by atoms with Crippen molar-refractivity contribution in [3.8, 4) is 5.75 Å². The molecule has 5 nitrogen and oxygen atoms in total. The molecule has 3 rings (SSSR count). The van der Waals surface area contributed by atoms with Gasteiger partial charge in [0.15, 0.2) is 5.82 Å². The van der Waals surface area contributed by atoms with Crippen LogP contribution in [0.2, 0.25) is 10.0 Å². The first-order chi connectivity index (χ1) is 10.1. The lowest BCUT2D eigenvalue weighted by atomic mass is 9.77. The van der Waals surface area contributed by atoms with Gasteiger partial charge in [-0.1, -0.05) is 28.4 Å². The maximum absolute atomic E-state index is 6.15. The Kier molecular flexibility index (Phi) is 4.06. The maximum Gasteiger partial charge on any atom is 0.230 e. The highest BCUT2D eigenvalue weighted by Crippen LogP contribution is 2.36. The van der Waals surface area contributed by atoms with Crippen LogP contribution in [0.25, 0.3) is 0 Å². The van der Waals surface area contributed by atoms with Crippen LogP contribution in [0.1, 0.15) is 31.0 Å². The second kappa shape index (κ2) is 5.83. The minimum absolute atomic E-state index is 0.389. The zero-order valence-electron chi connectivity index (χ0n) is 11.3. The van der Waals surface area contributed by atoms with Crippen molar-refractivity contribution in [2.75, 3.05) is 6.61 Å². The minimum Gasteiger partial charge on any atom is -0.491 e. The van der Waals surface area contributed by atoms with E-state index in [1.807, 2.05) is 0 Å². The van der Waals surface area contributed by atoms with Gasteiger partial charge in [0.05, 0.1) is 23.6 Å². The summed E-state index contributed by atoms with van der Waals surface area (Å²) >= 11 is 11.9. The summed E-state index contributed by atoms with van der Waals surface area (Å²) in [4.78, 5) is 4.33. The van der Waals surface area contributed by atoms with Crippen LogP contribution in [-0.4, -0.2) is 16.7 Å². The Labute approximate surface area is 132 Å². The number of ether oxygens (including phenoxy) is 1. The van der Waals surface area contributed by atoms with Crippen LogP contribution in [0.5, 0.6) is 5.75 Å². The summed E-state index contributed by atoms with van der Waals surface area (Å²) in [6, 6.07) is 5.09. The summed E-state index contributed by atoms with van der Waals surface area (Å²) in [6.45, 7) is 0.389. The molecule has 21 heavy (non-hydrogen) atoms. The van der Waals surface area contributed by atoms with E-state index >= 15 is 0 Å². The lowest BCUT2D eigenvalue weighted by Crippen LogP contribution is -2.44. The Balaban J connectivity index is 1.56. The quantitative estimate of drug-likeness (QED) is 0.911. The third-order valence-electron chi connectivity index (χ3n) is 3.63. The van der Waals surface area contributed by atoms with Crippen molar-refractivity contribution < 1.29 is 9.26 Å². The van der Waals surface area contributed by atoms with Crippen molar-refractivity contribution in [1.82, 2.24) is 10.1 Å². The number of halogens is 2. The molecule has 1 saturated carbocycles. The van der Waals surface area contributed by atoms with E-state index in [0.717, 1.165) is 19.3 Å². The van der Waals surface area contributed by atoms with Gasteiger partial charge in [-0.3, -0.25) is 0 Å². The molecule has 1 heterocycles. The smallest absolute Gasteiger partial charge is 0.230 e. The lowest BCUT2D eigenvalue weighted by Gasteiger charge is -2.34. The van der Waals surface area contributed by atoms with Crippen LogP contribution in [-0.2, 0) is 12.0 Å². The third-order valence-corrected chi connectivity index (χ3v) is 4.16. The lowest BCUT2D eigenvalue weighted by molar-refractivity contribution is 0.228. The van der Waals surface area contributed by atoms with E-state index in [-0.39, 0.29) is 0 Å². The summed E-state index contributed by atoms with van der Waals surface area (Å²) in [5.74, 6) is 1.69. The van der Waals surface area contributed by atoms with Crippen LogP contribution in [0.15, 0.2) is 22.7 Å². The minimum atomic E-state index is -0.401. The second-order valence-electron chi connectivity index (χ2n) is 5.19. The van der Waals surface area contributed by atoms with Gasteiger partial charge in [-0.15, -0.1) is 0 Å². The van der Waals surface area contributed by atoms with E-state index in [4.69, 9.17) is 38.2 Å². The highest BCUT2D eigenvalue weighted by molar-refractivity contribution is 6.35. The number of aromatic nitrogens is 2. The number of benzene rings is 1. The Morgan fingerprint density at radius 3 is 2.81 bits per heavy atom. The molecule has 112 valence electrons. The van der Waals surface area contributed by atoms with Crippen molar-refractivity contribution in [3.63, 3.8) is 0 Å². The Hall–Kier alpha value is -1.30. The molecule has 0 aliphatic heterocycles. The van der Waals surface area contributed by atoms with E-state index in [0.29, 0.717) is 40.5 Å². The van der Waals surface area contributed by atoms with Gasteiger partial charge in [0.25, 0.3) is 0 Å². The van der Waals surface area contributed by atoms with Gasteiger partial charge in [-0.2, -0.15) is 4.98 Å². The van der Waals surface area contributed by atoms with Crippen LogP contribution < -0.4 is 10.5 Å². The summed E-state index contributed by atoms with van der Waals surface area (Å²) in [5, 5.41) is 5.00. The maximum atomic E-state index is 6.15. The van der Waals surface area contributed by atoms with Gasteiger partial charge < -0.3 is 15.0 Å². The largest absolute Gasteiger partial charge is 0.491 e. The first-order valence-corrected chi connectivity index (χ1v) is 7.52. The molecule has 0 amide bonds. The normalized spacial score (nSPS) is 16.5. The summed E-state index contributed by atoms with van der Waals surface area (Å²) < 4.78 is 10.8. The molecule has 0 bridgehead atoms. The highest BCUT2D eigenvalue weighted by Gasteiger charge is 2.38. The number of hydrogen-bond donors (Lipinski definition) is 1. The average molecular weight is 328 g/mol. The first kappa shape index (κ1) is 14.6. The summed E-state index contributed by atoms with van der Waals surface area (Å²) in [5.41, 5.74) is 5.74. The SMILES string of the molecule is NC1(c2noc(CCOc3ccc(Cl)cc3Cl)n2)CCC1. The third kappa shape index (κ3) is 3.15. The molecule has 1 fully saturated rings. The van der Waals surface area contributed by atoms with E-state index < -0.39 is 5.54 Å². The van der Waals surface area contributed by atoms with Crippen molar-refractivity contribution in [2.45, 2.75) is 31.2 Å². The van der Waals surface area contributed by atoms with E-state index in [9.17, 15) is 0 Å². The van der Waals surface area contributed by atoms with E-state index in [1.54, 1.807) is 18.2 Å². The number of hydrogen-bond acceptors (Lipinski definition) is 5. The number of nitrogens with zero attached hydrogens (tertiary/aromatic N) is 2. The first-order valence-electron chi connectivity index (χ1n) is 6.77. The molecule has 1 aliphatic rings. The molecule has 0 saturated heterocycles. The molecule has 0 atom stereocenters. The van der Waals surface area contributed by atoms with E-state index in [2.05, 4.69) is 10.1 Å². The molecule has 2 N–H and O–H groups in total. The Morgan fingerprint density at radius 1 is 1.33 bits per heavy atom. The molecule has 1 aliphatic carbocycles. The van der Waals surface area contributed by atoms with Crippen molar-refractivity contribution in [1.29, 1.82) is 0 Å². The van der Waals surface area contributed by atoms with Crippen molar-refractivity contribution >= 4 is 23.2 Å². The molecular weight excluding hydrogens is 313 g/mol. The van der Waals surface area contributed by atoms with Crippen molar-refractivity contribution in [3.05, 3.63) is 40.0 Å². The highest BCUT2D eigenvalue weighted by atomic mass is 35.5. The van der Waals surface area contributed by atoms with Gasteiger partial charge >= 0.3 is 0 Å². The number of rotatable bonds is 5. The summed E-state index contributed by atoms with van der Waals surface area (Å²) in [6.07, 6.45) is 3.42. The Bertz CT molecular complexity index is 641. The van der Waals surface area contributed by atoms with Crippen molar-refractivity contribution in [2.24, 2.45) is 5.73 Å². The van der Waals surface area contributed by atoms with Gasteiger partial charge in [0, 0.05) is 5.02 Å². The Morgan fingerprint density at radius 2 is 2.14 bits per heavy atom. The standard InChI is InChI=1S/C14H15Cl2N3O2/c15-9-2-3-11(10(16)8-9)20-7-4-12-18-13(19-21-12)14(17)5-1-6-14/h2-3,8H,1,4-7,17H2. The van der Waals surface area contributed by atoms with Gasteiger partial charge in [0.1, 0.15) is 5.75 Å². The molecular formula is C14H15Cl2N3O2. The van der Waals surface area contributed by atoms with Crippen LogP contribution in [0.4, 0.5) is 0 Å². The van der Waals surface area contributed by atoms with Gasteiger partial charge in [-0.05, 0) is 37.5 Å². The molecule has 0 spiro atoms. The second-order valence-corrected chi connectivity index (χ2v) is 6.04. The molecule has 1 aromatic carbocycles. The molecule has 0 unspecified atom stereocenters. The fourth-order valence-corrected chi connectivity index (χ4v) is 2.64. The van der Waals surface area contributed by atoms with Gasteiger partial charge in [0.2, 0.25) is 5.89 Å². The zero-order chi connectivity index (χ0) is 14.9. The topological polar surface area (TPSA) is 74.2 Å². The zero-order valence-corrected chi connectivity index (χ0v) is 12.8. The summed E-state index contributed by atoms with van der Waals surface area (Å²) in [7, 11) is 0. The molecule has 7 heteroatoms. The molecule has 1 aromatic heterocycles. The average Bonchev–Trinajstić information content (AvgIpc) is 2.88. The predicted molar refractivity (Wildman–Crippen MR) is 79.7 cm³/mol. The van der Waals surface area contributed by atoms with Crippen LogP contribution in [0, 0.1) is 0 Å². The van der Waals surface area contributed by atoms with E-state index in [1.165, 1.54) is 0 Å². The molecule has 0 radical (unpaired) electrons. The van der Waals surface area contributed by atoms with Crippen LogP contribution in [0.3, 0.4) is 0 Å². The predicted octanol–water partition coefficient (Wildman–Crippen LogP) is 3.34. The fourth-order valence-electron chi connectivity index (χ4n) is 2.18. The fraction of sp³-hybridized carbons (Fsp3) is 0.429. The van der Waals surface area contributed by atoms with Crippen LogP contribution >= 0.6 is 23.2 Å². The molecule has 2 aromatic rings.